The van der Waals surface area contributed by atoms with Crippen LogP contribution in [0.2, 0.25) is 5.02 Å². The average Bonchev–Trinajstić information content (AvgIpc) is 2.74. The van der Waals surface area contributed by atoms with E-state index in [1.54, 1.807) is 42.5 Å². The van der Waals surface area contributed by atoms with Crippen molar-refractivity contribution in [2.45, 2.75) is 11.6 Å². The van der Waals surface area contributed by atoms with E-state index in [4.69, 9.17) is 22.1 Å². The zero-order chi connectivity index (χ0) is 21.0. The second kappa shape index (κ2) is 6.36. The average molecular weight is 416 g/mol. The minimum Gasteiger partial charge on any atom is -0.438 e. The number of hydrogen-bond acceptors (Lipinski definition) is 7. The lowest BCUT2D eigenvalue weighted by atomic mass is 9.69. The van der Waals surface area contributed by atoms with E-state index in [2.05, 4.69) is 22.4 Å². The molecule has 0 bridgehead atoms. The highest BCUT2D eigenvalue weighted by molar-refractivity contribution is 6.30. The van der Waals surface area contributed by atoms with Crippen LogP contribution in [0.25, 0.3) is 0 Å². The smallest absolute Gasteiger partial charge is 0.227 e. The number of nitrogen functional groups attached to an aromatic ring is 1. The van der Waals surface area contributed by atoms with Gasteiger partial charge < -0.3 is 20.9 Å². The zero-order valence-corrected chi connectivity index (χ0v) is 16.2. The minimum absolute atomic E-state index is 0.0271. The number of nitrogens with one attached hydrogen (secondary N) is 1. The summed E-state index contributed by atoms with van der Waals surface area (Å²) in [7, 11) is 0. The van der Waals surface area contributed by atoms with E-state index in [1.165, 1.54) is 0 Å². The number of pyridine rings is 1. The summed E-state index contributed by atoms with van der Waals surface area (Å²) in [5.74, 6) is -0.972. The summed E-state index contributed by atoms with van der Waals surface area (Å²) < 4.78 is 5.94. The fraction of sp³-hybridized carbons (Fsp3) is 0.136. The Morgan fingerprint density at radius 2 is 1.97 bits per heavy atom. The van der Waals surface area contributed by atoms with Crippen LogP contribution in [0.5, 0.6) is 11.6 Å². The minimum atomic E-state index is -1.79. The van der Waals surface area contributed by atoms with Gasteiger partial charge in [-0.3, -0.25) is 0 Å². The van der Waals surface area contributed by atoms with E-state index in [9.17, 15) is 15.6 Å². The number of halogens is 1. The van der Waals surface area contributed by atoms with E-state index in [-0.39, 0.29) is 17.3 Å². The van der Waals surface area contributed by atoms with Gasteiger partial charge in [0.15, 0.2) is 5.72 Å². The molecule has 0 saturated heterocycles. The molecule has 0 spiro atoms. The molecule has 0 radical (unpaired) electrons. The maximum absolute atomic E-state index is 11.8. The lowest BCUT2D eigenvalue weighted by Crippen LogP contribution is -2.49. The van der Waals surface area contributed by atoms with Gasteiger partial charge in [0.1, 0.15) is 29.1 Å². The summed E-state index contributed by atoms with van der Waals surface area (Å²) in [4.78, 5) is 4.26. The first-order valence-electron chi connectivity index (χ1n) is 9.14. The summed E-state index contributed by atoms with van der Waals surface area (Å²) >= 11 is 6.24. The number of benzene rings is 2. The fourth-order valence-corrected chi connectivity index (χ4v) is 4.47. The lowest BCUT2D eigenvalue weighted by Gasteiger charge is -2.46. The van der Waals surface area contributed by atoms with Gasteiger partial charge >= 0.3 is 0 Å². The number of nitrogens with two attached hydrogens (primary N) is 1. The van der Waals surface area contributed by atoms with Crippen LogP contribution in [0.15, 0.2) is 48.5 Å². The Bertz CT molecular complexity index is 1280. The van der Waals surface area contributed by atoms with Gasteiger partial charge in [-0.2, -0.15) is 15.5 Å². The van der Waals surface area contributed by atoms with Gasteiger partial charge in [-0.15, -0.1) is 0 Å². The molecule has 5 rings (SSSR count). The highest BCUT2D eigenvalue weighted by atomic mass is 35.5. The lowest BCUT2D eigenvalue weighted by molar-refractivity contribution is 0.0138. The topological polar surface area (TPSA) is 128 Å². The maximum Gasteiger partial charge on any atom is 0.227 e. The van der Waals surface area contributed by atoms with Crippen molar-refractivity contribution in [3.8, 4) is 23.8 Å². The molecule has 2 aromatic carbocycles. The largest absolute Gasteiger partial charge is 0.438 e. The van der Waals surface area contributed by atoms with Crippen LogP contribution in [0.4, 0.5) is 11.5 Å². The number of ether oxygens (including phenoxy) is 1. The van der Waals surface area contributed by atoms with Crippen molar-refractivity contribution in [3.05, 3.63) is 75.8 Å². The molecule has 2 aliphatic heterocycles. The van der Waals surface area contributed by atoms with Gasteiger partial charge in [0.25, 0.3) is 0 Å². The van der Waals surface area contributed by atoms with Crippen molar-refractivity contribution in [1.29, 1.82) is 10.5 Å². The first-order chi connectivity index (χ1) is 14.5. The van der Waals surface area contributed by atoms with Crippen molar-refractivity contribution in [2.75, 3.05) is 11.1 Å². The van der Waals surface area contributed by atoms with Crippen molar-refractivity contribution in [3.63, 3.8) is 0 Å². The predicted molar refractivity (Wildman–Crippen MR) is 110 cm³/mol. The third-order valence-corrected chi connectivity index (χ3v) is 5.85. The number of nitrogens with zero attached hydrogens (tertiary/aromatic N) is 3. The van der Waals surface area contributed by atoms with E-state index < -0.39 is 17.6 Å². The van der Waals surface area contributed by atoms with Crippen molar-refractivity contribution in [2.24, 2.45) is 5.92 Å². The molecular formula is C22H14ClN5O2. The van der Waals surface area contributed by atoms with Crippen LogP contribution in [0.3, 0.4) is 0 Å². The first-order valence-corrected chi connectivity index (χ1v) is 9.52. The molecule has 7 nitrogen and oxygen atoms in total. The monoisotopic (exact) mass is 415 g/mol. The third-order valence-electron chi connectivity index (χ3n) is 5.62. The van der Waals surface area contributed by atoms with Gasteiger partial charge in [0.05, 0.1) is 11.8 Å². The SMILES string of the molecule is N#Cc1c(N)nc2c3c1N[C@@](O)(c1ccccc1)[C@H](C#N)[C@@H]3c1cc(Cl)ccc1O2. The van der Waals surface area contributed by atoms with Gasteiger partial charge in [-0.1, -0.05) is 41.9 Å². The van der Waals surface area contributed by atoms with Crippen LogP contribution in [0, 0.1) is 28.6 Å². The highest BCUT2D eigenvalue weighted by Crippen LogP contribution is 2.58. The van der Waals surface area contributed by atoms with E-state index in [0.717, 1.165) is 0 Å². The van der Waals surface area contributed by atoms with Crippen LogP contribution >= 0.6 is 11.6 Å². The van der Waals surface area contributed by atoms with Crippen molar-refractivity contribution < 1.29 is 9.84 Å². The summed E-state index contributed by atoms with van der Waals surface area (Å²) in [6, 6.07) is 18.2. The normalized spacial score (nSPS) is 23.1. The van der Waals surface area contributed by atoms with Crippen LogP contribution < -0.4 is 15.8 Å². The second-order valence-electron chi connectivity index (χ2n) is 7.20. The number of aliphatic hydroxyl groups is 1. The Morgan fingerprint density at radius 1 is 1.20 bits per heavy atom. The number of nitriles is 2. The standard InChI is InChI=1S/C22H14ClN5O2/c23-12-6-7-16-13(8-12)17-15(10-25)22(29,11-4-2-1-3-5-11)28-19-14(9-24)20(26)27-21(30-16)18(17)19/h1-8,15,17,28-29H,(H2,26,27)/t15-,17+,22-/m1/s1. The van der Waals surface area contributed by atoms with Crippen molar-refractivity contribution in [1.82, 2.24) is 4.98 Å². The van der Waals surface area contributed by atoms with Gasteiger partial charge in [-0.05, 0) is 18.2 Å². The fourth-order valence-electron chi connectivity index (χ4n) is 4.29. The Balaban J connectivity index is 1.87. The maximum atomic E-state index is 11.8. The number of fused-ring (bicyclic) bond motifs is 2. The molecule has 0 aliphatic carbocycles. The molecule has 8 heteroatoms. The predicted octanol–water partition coefficient (Wildman–Crippen LogP) is 3.84. The molecule has 146 valence electrons. The third kappa shape index (κ3) is 2.37. The second-order valence-corrected chi connectivity index (χ2v) is 7.64. The Morgan fingerprint density at radius 3 is 2.67 bits per heavy atom. The highest BCUT2D eigenvalue weighted by Gasteiger charge is 2.53. The molecule has 0 fully saturated rings. The number of aromatic nitrogens is 1. The van der Waals surface area contributed by atoms with E-state index in [0.29, 0.717) is 33.1 Å². The molecule has 3 heterocycles. The molecular weight excluding hydrogens is 402 g/mol. The summed E-state index contributed by atoms with van der Waals surface area (Å²) in [5, 5.41) is 35.2. The molecule has 4 N–H and O–H groups in total. The van der Waals surface area contributed by atoms with E-state index >= 15 is 0 Å². The molecule has 1 aromatic heterocycles. The summed E-state index contributed by atoms with van der Waals surface area (Å²) in [5.41, 5.74) is 6.23. The van der Waals surface area contributed by atoms with Crippen molar-refractivity contribution >= 4 is 23.1 Å². The van der Waals surface area contributed by atoms with Crippen LogP contribution in [-0.2, 0) is 5.72 Å². The molecule has 30 heavy (non-hydrogen) atoms. The quantitative estimate of drug-likeness (QED) is 0.550. The molecule has 0 saturated carbocycles. The van der Waals surface area contributed by atoms with Crippen LogP contribution in [0.1, 0.15) is 28.2 Å². The molecule has 0 unspecified atom stereocenters. The van der Waals surface area contributed by atoms with Gasteiger partial charge in [0, 0.05) is 27.6 Å². The molecule has 3 aromatic rings. The Labute approximate surface area is 176 Å². The Kier molecular flexibility index (Phi) is 3.87. The molecule has 3 atom stereocenters. The van der Waals surface area contributed by atoms with Crippen LogP contribution in [-0.4, -0.2) is 10.1 Å². The molecule has 2 aliphatic rings. The summed E-state index contributed by atoms with van der Waals surface area (Å²) in [6.07, 6.45) is 0. The van der Waals surface area contributed by atoms with Gasteiger partial charge in [0.2, 0.25) is 5.88 Å². The Hall–Kier alpha value is -3.78. The number of anilines is 2. The molecule has 0 amide bonds. The van der Waals surface area contributed by atoms with E-state index in [1.807, 2.05) is 6.07 Å². The first kappa shape index (κ1) is 18.3. The van der Waals surface area contributed by atoms with Gasteiger partial charge in [-0.25, -0.2) is 0 Å². The number of rotatable bonds is 1. The summed E-state index contributed by atoms with van der Waals surface area (Å²) in [6.45, 7) is 0. The zero-order valence-electron chi connectivity index (χ0n) is 15.4. The number of hydrogen-bond donors (Lipinski definition) is 3.